The molecule has 0 atom stereocenters. The zero-order chi connectivity index (χ0) is 17.6. The molecule has 0 aromatic carbocycles. The van der Waals surface area contributed by atoms with Gasteiger partial charge in [-0.2, -0.15) is 0 Å². The van der Waals surface area contributed by atoms with Crippen molar-refractivity contribution in [3.63, 3.8) is 0 Å². The van der Waals surface area contributed by atoms with Gasteiger partial charge in [0, 0.05) is 17.5 Å². The molecule has 25 heavy (non-hydrogen) atoms. The summed E-state index contributed by atoms with van der Waals surface area (Å²) in [5.41, 5.74) is 3.79. The monoisotopic (exact) mass is 357 g/mol. The van der Waals surface area contributed by atoms with Crippen molar-refractivity contribution in [2.24, 2.45) is 0 Å². The minimum Gasteiger partial charge on any atom is -0.508 e. The number of aliphatic hydroxyl groups excluding tert-OH is 1. The first-order chi connectivity index (χ1) is 12.2. The van der Waals surface area contributed by atoms with Gasteiger partial charge in [0.25, 0.3) is 0 Å². The molecule has 3 aliphatic rings. The molecule has 0 radical (unpaired) electrons. The zero-order valence-electron chi connectivity index (χ0n) is 14.4. The highest BCUT2D eigenvalue weighted by molar-refractivity contribution is 8.03. The molecule has 3 aliphatic carbocycles. The van der Waals surface area contributed by atoms with E-state index in [4.69, 9.17) is 5.41 Å². The number of nitrogens with one attached hydrogen (secondary N) is 1. The Kier molecular flexibility index (Phi) is 6.14. The highest BCUT2D eigenvalue weighted by Gasteiger charge is 2.23. The predicted molar refractivity (Wildman–Crippen MR) is 105 cm³/mol. The average molecular weight is 357 g/mol. The largest absolute Gasteiger partial charge is 0.508 e. The van der Waals surface area contributed by atoms with Gasteiger partial charge in [-0.3, -0.25) is 0 Å². The summed E-state index contributed by atoms with van der Waals surface area (Å²) in [6, 6.07) is 0. The molecule has 0 heterocycles. The van der Waals surface area contributed by atoms with Crippen molar-refractivity contribution in [2.75, 3.05) is 5.75 Å². The molecular formula is C21H24FNOS. The predicted octanol–water partition coefficient (Wildman–Crippen LogP) is 6.47. The van der Waals surface area contributed by atoms with Gasteiger partial charge >= 0.3 is 0 Å². The van der Waals surface area contributed by atoms with Crippen LogP contribution in [0, 0.1) is 5.41 Å². The van der Waals surface area contributed by atoms with Gasteiger partial charge in [-0.25, -0.2) is 4.39 Å². The smallest absolute Gasteiger partial charge is 0.123 e. The molecule has 0 aliphatic heterocycles. The molecule has 0 bridgehead atoms. The zero-order valence-corrected chi connectivity index (χ0v) is 15.2. The van der Waals surface area contributed by atoms with Crippen LogP contribution in [0.15, 0.2) is 69.2 Å². The van der Waals surface area contributed by atoms with Crippen molar-refractivity contribution in [2.45, 2.75) is 44.9 Å². The van der Waals surface area contributed by atoms with Gasteiger partial charge in [0.15, 0.2) is 0 Å². The van der Waals surface area contributed by atoms with Crippen LogP contribution in [-0.4, -0.2) is 17.1 Å². The van der Waals surface area contributed by atoms with Gasteiger partial charge in [0.05, 0.1) is 0 Å². The first-order valence-corrected chi connectivity index (χ1v) is 9.89. The molecule has 4 heteroatoms. The Hall–Kier alpha value is -1.81. The number of thioether (sulfide) groups is 1. The van der Waals surface area contributed by atoms with Crippen molar-refractivity contribution >= 4 is 18.0 Å². The first kappa shape index (κ1) is 18.0. The quantitative estimate of drug-likeness (QED) is 0.566. The number of allylic oxidation sites excluding steroid dienone is 10. The summed E-state index contributed by atoms with van der Waals surface area (Å²) in [7, 11) is 0. The molecule has 132 valence electrons. The molecule has 0 spiro atoms. The minimum absolute atomic E-state index is 0.119. The highest BCUT2D eigenvalue weighted by atomic mass is 32.2. The van der Waals surface area contributed by atoms with E-state index in [0.29, 0.717) is 17.7 Å². The van der Waals surface area contributed by atoms with E-state index in [1.807, 2.05) is 24.3 Å². The van der Waals surface area contributed by atoms with Crippen LogP contribution in [0.5, 0.6) is 0 Å². The van der Waals surface area contributed by atoms with E-state index in [-0.39, 0.29) is 11.6 Å². The molecule has 0 amide bonds. The van der Waals surface area contributed by atoms with Crippen molar-refractivity contribution < 1.29 is 9.50 Å². The van der Waals surface area contributed by atoms with Gasteiger partial charge in [-0.1, -0.05) is 18.2 Å². The van der Waals surface area contributed by atoms with Crippen LogP contribution in [-0.2, 0) is 0 Å². The van der Waals surface area contributed by atoms with Crippen LogP contribution in [0.1, 0.15) is 44.9 Å². The molecule has 1 saturated carbocycles. The summed E-state index contributed by atoms with van der Waals surface area (Å²) < 4.78 is 14.2. The van der Waals surface area contributed by atoms with E-state index in [9.17, 15) is 9.50 Å². The second kappa shape index (κ2) is 8.52. The van der Waals surface area contributed by atoms with E-state index in [1.54, 1.807) is 17.8 Å². The molecule has 0 unspecified atom stereocenters. The number of rotatable bonds is 4. The van der Waals surface area contributed by atoms with Gasteiger partial charge in [0.2, 0.25) is 0 Å². The lowest BCUT2D eigenvalue weighted by Gasteiger charge is -2.26. The maximum absolute atomic E-state index is 14.2. The minimum atomic E-state index is -0.119. The summed E-state index contributed by atoms with van der Waals surface area (Å²) >= 11 is 1.72. The fourth-order valence-corrected chi connectivity index (χ4v) is 4.74. The summed E-state index contributed by atoms with van der Waals surface area (Å²) in [4.78, 5) is 1.29. The normalized spacial score (nSPS) is 29.4. The SMILES string of the molecule is N=CC1=C2\CCCC\C2=C(/SCC2=CC=CCC=C2F)CC/C=C\1O. The van der Waals surface area contributed by atoms with Crippen molar-refractivity contribution in [3.8, 4) is 0 Å². The fourth-order valence-electron chi connectivity index (χ4n) is 3.51. The van der Waals surface area contributed by atoms with Crippen molar-refractivity contribution in [1.29, 1.82) is 5.41 Å². The maximum atomic E-state index is 14.2. The Balaban J connectivity index is 1.90. The summed E-state index contributed by atoms with van der Waals surface area (Å²) in [5, 5.41) is 18.0. The molecule has 0 saturated heterocycles. The second-order valence-electron chi connectivity index (χ2n) is 6.47. The second-order valence-corrected chi connectivity index (χ2v) is 7.54. The van der Waals surface area contributed by atoms with E-state index in [1.165, 1.54) is 16.7 Å². The standard InChI is InChI=1S/C21H24FNOS/c22-19-10-3-1-2-7-15(19)14-25-21-12-6-11-20(24)18(13-23)16-8-4-5-9-17(16)21/h1-2,7,10-11,13,23-24H,3-6,8-9,12,14H2/b18-16-,20-11+,21-17+,23-13?. The Morgan fingerprint density at radius 3 is 2.76 bits per heavy atom. The van der Waals surface area contributed by atoms with Crippen LogP contribution < -0.4 is 0 Å². The Bertz CT molecular complexity index is 737. The number of hydrogen-bond donors (Lipinski definition) is 2. The van der Waals surface area contributed by atoms with Gasteiger partial charge in [-0.05, 0) is 78.7 Å². The average Bonchev–Trinajstić information content (AvgIpc) is 2.82. The third kappa shape index (κ3) is 4.24. The fraction of sp³-hybridized carbons (Fsp3) is 0.381. The Labute approximate surface area is 153 Å². The molecular weight excluding hydrogens is 333 g/mol. The Morgan fingerprint density at radius 1 is 1.16 bits per heavy atom. The lowest BCUT2D eigenvalue weighted by Crippen LogP contribution is -2.09. The molecule has 0 aromatic heterocycles. The van der Waals surface area contributed by atoms with Crippen LogP contribution in [0.25, 0.3) is 0 Å². The number of hydrogen-bond acceptors (Lipinski definition) is 3. The third-order valence-corrected chi connectivity index (χ3v) is 6.09. The van der Waals surface area contributed by atoms with Crippen molar-refractivity contribution in [3.05, 3.63) is 69.2 Å². The van der Waals surface area contributed by atoms with Crippen LogP contribution in [0.2, 0.25) is 0 Å². The van der Waals surface area contributed by atoms with Crippen LogP contribution >= 0.6 is 11.8 Å². The van der Waals surface area contributed by atoms with Gasteiger partial charge in [-0.15, -0.1) is 11.8 Å². The highest BCUT2D eigenvalue weighted by Crippen LogP contribution is 2.41. The van der Waals surface area contributed by atoms with Gasteiger partial charge < -0.3 is 10.5 Å². The van der Waals surface area contributed by atoms with Crippen molar-refractivity contribution in [1.82, 2.24) is 0 Å². The van der Waals surface area contributed by atoms with E-state index < -0.39 is 0 Å². The number of aliphatic hydroxyl groups is 1. The van der Waals surface area contributed by atoms with Crippen LogP contribution in [0.4, 0.5) is 4.39 Å². The van der Waals surface area contributed by atoms with E-state index >= 15 is 0 Å². The lowest BCUT2D eigenvalue weighted by atomic mass is 9.84. The molecule has 2 nitrogen and oxygen atoms in total. The first-order valence-electron chi connectivity index (χ1n) is 8.90. The number of halogens is 1. The summed E-state index contributed by atoms with van der Waals surface area (Å²) in [6.45, 7) is 0. The van der Waals surface area contributed by atoms with Gasteiger partial charge in [0.1, 0.15) is 11.6 Å². The van der Waals surface area contributed by atoms with Crippen LogP contribution in [0.3, 0.4) is 0 Å². The molecule has 3 rings (SSSR count). The van der Waals surface area contributed by atoms with E-state index in [2.05, 4.69) is 0 Å². The Morgan fingerprint density at radius 2 is 1.96 bits per heavy atom. The topological polar surface area (TPSA) is 44.1 Å². The lowest BCUT2D eigenvalue weighted by molar-refractivity contribution is 0.423. The summed E-state index contributed by atoms with van der Waals surface area (Å²) in [5.74, 6) is 0.735. The molecule has 0 aromatic rings. The molecule has 2 N–H and O–H groups in total. The summed E-state index contributed by atoms with van der Waals surface area (Å²) in [6.07, 6.45) is 16.9. The maximum Gasteiger partial charge on any atom is 0.123 e. The third-order valence-electron chi connectivity index (χ3n) is 4.83. The number of fused-ring (bicyclic) bond motifs is 1. The van der Waals surface area contributed by atoms with E-state index in [0.717, 1.165) is 49.7 Å². The molecule has 1 fully saturated rings.